The number of halogens is 4. The van der Waals surface area contributed by atoms with Crippen LogP contribution in [-0.2, 0) is 9.53 Å². The molecule has 0 radical (unpaired) electrons. The minimum Gasteiger partial charge on any atom is -0.444 e. The predicted octanol–water partition coefficient (Wildman–Crippen LogP) is 5.31. The number of anilines is 1. The van der Waals surface area contributed by atoms with Crippen molar-refractivity contribution in [1.82, 2.24) is 5.32 Å². The van der Waals surface area contributed by atoms with Crippen molar-refractivity contribution in [3.63, 3.8) is 0 Å². The Morgan fingerprint density at radius 3 is 2.19 bits per heavy atom. The minimum atomic E-state index is -1.06. The zero-order valence-electron chi connectivity index (χ0n) is 17.1. The van der Waals surface area contributed by atoms with E-state index in [0.29, 0.717) is 3.57 Å². The van der Waals surface area contributed by atoms with Gasteiger partial charge in [0.2, 0.25) is 11.7 Å². The molecular weight excluding hydrogens is 545 g/mol. The van der Waals surface area contributed by atoms with Gasteiger partial charge in [-0.05, 0) is 74.6 Å². The summed E-state index contributed by atoms with van der Waals surface area (Å²) in [5, 5.41) is 4.77. The fourth-order valence-corrected chi connectivity index (χ4v) is 3.21. The van der Waals surface area contributed by atoms with Crippen molar-refractivity contribution in [1.29, 1.82) is 0 Å². The number of hydrogen-bond acceptors (Lipinski definition) is 4. The third-order valence-corrected chi connectivity index (χ3v) is 5.51. The van der Waals surface area contributed by atoms with Gasteiger partial charge in [-0.3, -0.25) is 9.59 Å². The van der Waals surface area contributed by atoms with E-state index in [1.807, 2.05) is 22.6 Å². The van der Waals surface area contributed by atoms with E-state index in [1.165, 1.54) is 19.1 Å². The highest BCUT2D eigenvalue weighted by molar-refractivity contribution is 14.1. The molecule has 2 aromatic rings. The Bertz CT molecular complexity index is 1020. The SMILES string of the molecule is CC(NC(=O)OC(C)(C)C)C(=O)Nc1ccc(I)c(Cl)c1C(=O)c1c(F)cccc1F. The van der Waals surface area contributed by atoms with Gasteiger partial charge in [-0.15, -0.1) is 0 Å². The van der Waals surface area contributed by atoms with Crippen LogP contribution in [0.5, 0.6) is 0 Å². The van der Waals surface area contributed by atoms with Gasteiger partial charge in [0.05, 0.1) is 21.8 Å². The normalized spacial score (nSPS) is 12.1. The number of nitrogens with one attached hydrogen (secondary N) is 2. The number of benzene rings is 2. The van der Waals surface area contributed by atoms with Crippen molar-refractivity contribution in [3.8, 4) is 0 Å². The Morgan fingerprint density at radius 1 is 1.06 bits per heavy atom. The highest BCUT2D eigenvalue weighted by Crippen LogP contribution is 2.32. The standard InChI is InChI=1S/C21H20ClF2IN2O4/c1-10(26-20(30)31-21(2,3)4)19(29)27-14-9-8-13(25)17(22)16(14)18(28)15-11(23)6-5-7-12(15)24/h5-10H,1-4H3,(H,26,30)(H,27,29). The molecular formula is C21H20ClF2IN2O4. The summed E-state index contributed by atoms with van der Waals surface area (Å²) in [4.78, 5) is 37.4. The monoisotopic (exact) mass is 564 g/mol. The second-order valence-electron chi connectivity index (χ2n) is 7.57. The molecule has 2 aromatic carbocycles. The van der Waals surface area contributed by atoms with Crippen molar-refractivity contribution < 1.29 is 27.9 Å². The lowest BCUT2D eigenvalue weighted by Crippen LogP contribution is -2.44. The van der Waals surface area contributed by atoms with Crippen LogP contribution in [0, 0.1) is 15.2 Å². The minimum absolute atomic E-state index is 0.0547. The molecule has 0 aliphatic heterocycles. The van der Waals surface area contributed by atoms with E-state index in [9.17, 15) is 23.2 Å². The summed E-state index contributed by atoms with van der Waals surface area (Å²) in [6.07, 6.45) is -0.805. The van der Waals surface area contributed by atoms with E-state index in [0.717, 1.165) is 18.2 Å². The van der Waals surface area contributed by atoms with E-state index in [-0.39, 0.29) is 16.3 Å². The first kappa shape index (κ1) is 25.0. The molecule has 166 valence electrons. The number of carbonyl (C=O) groups is 3. The van der Waals surface area contributed by atoms with Gasteiger partial charge >= 0.3 is 6.09 Å². The van der Waals surface area contributed by atoms with Crippen molar-refractivity contribution >= 4 is 57.7 Å². The van der Waals surface area contributed by atoms with Crippen LogP contribution in [-0.4, -0.2) is 29.4 Å². The van der Waals surface area contributed by atoms with Crippen LogP contribution in [0.15, 0.2) is 30.3 Å². The van der Waals surface area contributed by atoms with Crippen LogP contribution in [0.3, 0.4) is 0 Å². The van der Waals surface area contributed by atoms with E-state index in [1.54, 1.807) is 20.8 Å². The van der Waals surface area contributed by atoms with Crippen molar-refractivity contribution in [2.45, 2.75) is 39.3 Å². The van der Waals surface area contributed by atoms with E-state index >= 15 is 0 Å². The lowest BCUT2D eigenvalue weighted by atomic mass is 10.00. The molecule has 0 fully saturated rings. The summed E-state index contributed by atoms with van der Waals surface area (Å²) in [5.74, 6) is -3.83. The van der Waals surface area contributed by atoms with Gasteiger partial charge < -0.3 is 15.4 Å². The third-order valence-electron chi connectivity index (χ3n) is 3.90. The van der Waals surface area contributed by atoms with Crippen LogP contribution in [0.2, 0.25) is 5.02 Å². The van der Waals surface area contributed by atoms with Crippen LogP contribution < -0.4 is 10.6 Å². The van der Waals surface area contributed by atoms with Crippen LogP contribution in [0.25, 0.3) is 0 Å². The third kappa shape index (κ3) is 6.36. The molecule has 0 heterocycles. The molecule has 0 aliphatic carbocycles. The van der Waals surface area contributed by atoms with Crippen LogP contribution in [0.4, 0.5) is 19.3 Å². The molecule has 0 saturated carbocycles. The summed E-state index contributed by atoms with van der Waals surface area (Å²) in [7, 11) is 0. The zero-order valence-corrected chi connectivity index (χ0v) is 20.0. The summed E-state index contributed by atoms with van der Waals surface area (Å²) >= 11 is 8.11. The molecule has 1 atom stereocenters. The average Bonchev–Trinajstić information content (AvgIpc) is 2.62. The number of ketones is 1. The molecule has 2 amide bonds. The van der Waals surface area contributed by atoms with Crippen molar-refractivity contribution in [2.75, 3.05) is 5.32 Å². The molecule has 10 heteroatoms. The Kier molecular flexibility index (Phi) is 7.98. The Hall–Kier alpha value is -2.27. The highest BCUT2D eigenvalue weighted by Gasteiger charge is 2.27. The molecule has 0 aromatic heterocycles. The topological polar surface area (TPSA) is 84.5 Å². The highest BCUT2D eigenvalue weighted by atomic mass is 127. The van der Waals surface area contributed by atoms with Gasteiger partial charge in [-0.1, -0.05) is 17.7 Å². The van der Waals surface area contributed by atoms with E-state index in [4.69, 9.17) is 16.3 Å². The lowest BCUT2D eigenvalue weighted by Gasteiger charge is -2.22. The number of ether oxygens (including phenoxy) is 1. The van der Waals surface area contributed by atoms with Crippen molar-refractivity contribution in [3.05, 3.63) is 61.7 Å². The fourth-order valence-electron chi connectivity index (χ4n) is 2.51. The zero-order chi connectivity index (χ0) is 23.5. The smallest absolute Gasteiger partial charge is 0.408 e. The molecule has 2 rings (SSSR count). The molecule has 0 bridgehead atoms. The lowest BCUT2D eigenvalue weighted by molar-refractivity contribution is -0.117. The van der Waals surface area contributed by atoms with E-state index in [2.05, 4.69) is 10.6 Å². The maximum atomic E-state index is 14.2. The largest absolute Gasteiger partial charge is 0.444 e. The predicted molar refractivity (Wildman–Crippen MR) is 121 cm³/mol. The van der Waals surface area contributed by atoms with Crippen LogP contribution in [0.1, 0.15) is 43.6 Å². The molecule has 0 aliphatic rings. The number of amides is 2. The Balaban J connectivity index is 2.34. The maximum absolute atomic E-state index is 14.2. The quantitative estimate of drug-likeness (QED) is 0.381. The Morgan fingerprint density at radius 2 is 1.65 bits per heavy atom. The fraction of sp³-hybridized carbons (Fsp3) is 0.286. The van der Waals surface area contributed by atoms with Gasteiger partial charge in [0, 0.05) is 3.57 Å². The molecule has 0 spiro atoms. The number of rotatable bonds is 5. The molecule has 31 heavy (non-hydrogen) atoms. The van der Waals surface area contributed by atoms with Crippen LogP contribution >= 0.6 is 34.2 Å². The maximum Gasteiger partial charge on any atom is 0.408 e. The van der Waals surface area contributed by atoms with Crippen molar-refractivity contribution in [2.24, 2.45) is 0 Å². The number of hydrogen-bond donors (Lipinski definition) is 2. The first-order valence-electron chi connectivity index (χ1n) is 9.09. The number of carbonyl (C=O) groups excluding carboxylic acids is 3. The summed E-state index contributed by atoms with van der Waals surface area (Å²) in [6, 6.07) is 4.90. The van der Waals surface area contributed by atoms with Gasteiger partial charge in [0.1, 0.15) is 23.3 Å². The summed E-state index contributed by atoms with van der Waals surface area (Å²) < 4.78 is 33.9. The Labute approximate surface area is 196 Å². The van der Waals surface area contributed by atoms with Gasteiger partial charge in [-0.2, -0.15) is 0 Å². The van der Waals surface area contributed by atoms with Gasteiger partial charge in [0.25, 0.3) is 0 Å². The second kappa shape index (κ2) is 9.90. The number of alkyl carbamates (subject to hydrolysis) is 1. The first-order chi connectivity index (χ1) is 14.3. The average molecular weight is 565 g/mol. The summed E-state index contributed by atoms with van der Waals surface area (Å²) in [5.41, 5.74) is -1.87. The molecule has 6 nitrogen and oxygen atoms in total. The van der Waals surface area contributed by atoms with Gasteiger partial charge in [-0.25, -0.2) is 13.6 Å². The molecule has 2 N–H and O–H groups in total. The molecule has 1 unspecified atom stereocenters. The van der Waals surface area contributed by atoms with E-state index < -0.39 is 46.6 Å². The molecule has 0 saturated heterocycles. The first-order valence-corrected chi connectivity index (χ1v) is 10.5. The second-order valence-corrected chi connectivity index (χ2v) is 9.11. The summed E-state index contributed by atoms with van der Waals surface area (Å²) in [6.45, 7) is 6.42. The van der Waals surface area contributed by atoms with Gasteiger partial charge in [0.15, 0.2) is 0 Å².